The lowest BCUT2D eigenvalue weighted by atomic mass is 9.91. The molecule has 9 heteroatoms. The van der Waals surface area contributed by atoms with Crippen LogP contribution in [0.25, 0.3) is 55.6 Å². The molecule has 9 nitrogen and oxygen atoms in total. The van der Waals surface area contributed by atoms with Gasteiger partial charge < -0.3 is 25.8 Å². The Morgan fingerprint density at radius 3 is 1.70 bits per heavy atom. The van der Waals surface area contributed by atoms with E-state index in [1.807, 2.05) is 103 Å². The third-order valence-electron chi connectivity index (χ3n) is 15.6. The fourth-order valence-corrected chi connectivity index (χ4v) is 11.6. The van der Waals surface area contributed by atoms with Crippen LogP contribution in [0.4, 0.5) is 0 Å². The van der Waals surface area contributed by atoms with Crippen molar-refractivity contribution in [2.75, 3.05) is 6.61 Å². The van der Waals surface area contributed by atoms with Gasteiger partial charge in [0, 0.05) is 12.3 Å². The Morgan fingerprint density at radius 2 is 1.06 bits per heavy atom. The van der Waals surface area contributed by atoms with Crippen molar-refractivity contribution in [3.05, 3.63) is 275 Å². The molecule has 0 radical (unpaired) electrons. The number of nitrogens with one attached hydrogen (secondary N) is 3. The number of esters is 1. The number of ether oxygens (including phenoxy) is 1. The lowest BCUT2D eigenvalue weighted by Crippen LogP contribution is -2.37. The van der Waals surface area contributed by atoms with Gasteiger partial charge >= 0.3 is 5.97 Å². The number of fused-ring (bicyclic) bond motifs is 6. The first-order valence-electron chi connectivity index (χ1n) is 27.0. The Morgan fingerprint density at radius 1 is 0.557 bits per heavy atom. The molecule has 10 aromatic rings. The molecule has 0 bridgehead atoms. The summed E-state index contributed by atoms with van der Waals surface area (Å²) in [5, 5.41) is 5.53. The number of rotatable bonds is 16. The Bertz CT molecular complexity index is 3790. The average molecular weight is 1040 g/mol. The SMILES string of the molecule is C.N[C@H](CC1=CCc2ccccc21)c1ncc(-c2ccccc2)[nH]1.O=C(C[C@H](Cc1cccc2ccccc12)C(=O)N[C@H](CC1=CCc2ccccc21)c1ncc(-c2ccccc2)[nH]1)OCC1c2ccccc2-c2ccccc21. The third kappa shape index (κ3) is 11.3. The highest BCUT2D eigenvalue weighted by atomic mass is 16.5. The number of imidazole rings is 2. The van der Waals surface area contributed by atoms with Crippen molar-refractivity contribution in [1.82, 2.24) is 25.3 Å². The molecule has 392 valence electrons. The van der Waals surface area contributed by atoms with Gasteiger partial charge in [-0.05, 0) is 109 Å². The maximum Gasteiger partial charge on any atom is 0.306 e. The van der Waals surface area contributed by atoms with Crippen LogP contribution in [0.1, 0.15) is 95.3 Å². The highest BCUT2D eigenvalue weighted by Crippen LogP contribution is 2.45. The number of nitrogens with two attached hydrogens (primary N) is 1. The molecule has 0 saturated carbocycles. The van der Waals surface area contributed by atoms with Crippen molar-refractivity contribution in [1.29, 1.82) is 0 Å². The lowest BCUT2D eigenvalue weighted by molar-refractivity contribution is -0.147. The standard InChI is InChI=1S/C49H41N3O3.C20H19N3.CH4/c53-47(55-31-44-42-23-10-8-21-40(42)41-22-9-11-24-43(41)44)29-37(27-35-18-12-17-32-13-4-6-19-38(32)35)49(54)52-45(28-36-26-25-33-14-5-7-20-39(33)36)48-50-30-46(51-48)34-15-2-1-3-16-34;21-18(12-16-11-10-14-6-4-5-9-17(14)16)20-22-13-19(23-20)15-7-2-1-3-8-15;/h1-24,26,30,37,44-45H,25,27-29,31H2,(H,50,51)(H,52,54);1-9,11,13,18H,10,12,21H2,(H,22,23);1H4/t37-,45+;18-;/m01./s1. The Kier molecular flexibility index (Phi) is 15.5. The number of amides is 1. The summed E-state index contributed by atoms with van der Waals surface area (Å²) in [6.07, 6.45) is 11.7. The normalized spacial score (nSPS) is 14.0. The quantitative estimate of drug-likeness (QED) is 0.0711. The highest BCUT2D eigenvalue weighted by Gasteiger charge is 2.32. The molecule has 2 aromatic heterocycles. The minimum absolute atomic E-state index is 0. The molecule has 1 amide bonds. The van der Waals surface area contributed by atoms with Crippen molar-refractivity contribution in [2.45, 2.75) is 64.0 Å². The summed E-state index contributed by atoms with van der Waals surface area (Å²) in [6.45, 7) is 0.209. The number of benzene rings is 8. The minimum atomic E-state index is -0.683. The molecule has 13 rings (SSSR count). The second kappa shape index (κ2) is 23.6. The van der Waals surface area contributed by atoms with E-state index in [-0.39, 0.29) is 38.3 Å². The number of aromatic nitrogens is 4. The van der Waals surface area contributed by atoms with Crippen LogP contribution in [0.2, 0.25) is 0 Å². The highest BCUT2D eigenvalue weighted by molar-refractivity contribution is 5.89. The zero-order chi connectivity index (χ0) is 52.8. The van der Waals surface area contributed by atoms with Gasteiger partial charge in [-0.3, -0.25) is 9.59 Å². The summed E-state index contributed by atoms with van der Waals surface area (Å²) in [5.74, 6) is 0.159. The molecular formula is C70H64N6O3. The molecule has 0 saturated heterocycles. The number of hydrogen-bond donors (Lipinski definition) is 4. The zero-order valence-corrected chi connectivity index (χ0v) is 43.3. The van der Waals surface area contributed by atoms with Gasteiger partial charge in [-0.2, -0.15) is 0 Å². The predicted molar refractivity (Wildman–Crippen MR) is 319 cm³/mol. The summed E-state index contributed by atoms with van der Waals surface area (Å²) in [4.78, 5) is 44.8. The van der Waals surface area contributed by atoms with Crippen LogP contribution < -0.4 is 11.1 Å². The van der Waals surface area contributed by atoms with Gasteiger partial charge in [-0.1, -0.05) is 220 Å². The molecule has 79 heavy (non-hydrogen) atoms. The van der Waals surface area contributed by atoms with Crippen LogP contribution in [0.15, 0.2) is 225 Å². The second-order valence-electron chi connectivity index (χ2n) is 20.5. The number of hydrogen-bond acceptors (Lipinski definition) is 6. The van der Waals surface area contributed by atoms with E-state index in [1.54, 1.807) is 0 Å². The molecule has 0 unspecified atom stereocenters. The van der Waals surface area contributed by atoms with Gasteiger partial charge in [0.2, 0.25) is 5.91 Å². The number of allylic oxidation sites excluding steroid dienone is 2. The van der Waals surface area contributed by atoms with E-state index in [4.69, 9.17) is 15.5 Å². The minimum Gasteiger partial charge on any atom is -0.465 e. The Balaban J connectivity index is 0.000000229. The van der Waals surface area contributed by atoms with E-state index in [2.05, 4.69) is 142 Å². The van der Waals surface area contributed by atoms with E-state index in [0.29, 0.717) is 18.7 Å². The summed E-state index contributed by atoms with van der Waals surface area (Å²) >= 11 is 0. The van der Waals surface area contributed by atoms with Crippen molar-refractivity contribution >= 4 is 33.8 Å². The average Bonchev–Trinajstić information content (AvgIpc) is 4.41. The van der Waals surface area contributed by atoms with E-state index < -0.39 is 17.9 Å². The van der Waals surface area contributed by atoms with Crippen LogP contribution >= 0.6 is 0 Å². The van der Waals surface area contributed by atoms with Crippen molar-refractivity contribution in [3.63, 3.8) is 0 Å². The molecular weight excluding hydrogens is 973 g/mol. The molecule has 5 N–H and O–H groups in total. The van der Waals surface area contributed by atoms with E-state index in [1.165, 1.54) is 44.5 Å². The first-order valence-corrected chi connectivity index (χ1v) is 27.0. The first kappa shape index (κ1) is 51.9. The van der Waals surface area contributed by atoms with Crippen molar-refractivity contribution in [2.24, 2.45) is 11.7 Å². The topological polar surface area (TPSA) is 139 Å². The maximum absolute atomic E-state index is 14.7. The molecule has 3 atom stereocenters. The molecule has 3 aliphatic carbocycles. The second-order valence-corrected chi connectivity index (χ2v) is 20.5. The van der Waals surface area contributed by atoms with Crippen molar-refractivity contribution in [3.8, 4) is 33.6 Å². The first-order chi connectivity index (χ1) is 38.4. The predicted octanol–water partition coefficient (Wildman–Crippen LogP) is 14.8. The van der Waals surface area contributed by atoms with Gasteiger partial charge in [-0.15, -0.1) is 0 Å². The molecule has 3 aliphatic rings. The number of aromatic amines is 2. The van der Waals surface area contributed by atoms with Gasteiger partial charge in [0.15, 0.2) is 0 Å². The van der Waals surface area contributed by atoms with E-state index >= 15 is 0 Å². The Hall–Kier alpha value is -9.18. The number of H-pyrrole nitrogens is 2. The summed E-state index contributed by atoms with van der Waals surface area (Å²) in [7, 11) is 0. The summed E-state index contributed by atoms with van der Waals surface area (Å²) in [6, 6.07) is 67.6. The smallest absolute Gasteiger partial charge is 0.306 e. The number of carbonyl (C=O) groups excluding carboxylic acids is 2. The largest absolute Gasteiger partial charge is 0.465 e. The third-order valence-corrected chi connectivity index (χ3v) is 15.6. The lowest BCUT2D eigenvalue weighted by Gasteiger charge is -2.23. The number of nitrogens with zero attached hydrogens (tertiary/aromatic N) is 2. The molecule has 0 fully saturated rings. The van der Waals surface area contributed by atoms with Crippen LogP contribution in [0, 0.1) is 5.92 Å². The van der Waals surface area contributed by atoms with Crippen LogP contribution in [0.3, 0.4) is 0 Å². The zero-order valence-electron chi connectivity index (χ0n) is 43.3. The van der Waals surface area contributed by atoms with Crippen LogP contribution in [-0.4, -0.2) is 38.4 Å². The van der Waals surface area contributed by atoms with Crippen molar-refractivity contribution < 1.29 is 14.3 Å². The molecule has 0 spiro atoms. The van der Waals surface area contributed by atoms with Gasteiger partial charge in [0.1, 0.15) is 18.3 Å². The van der Waals surface area contributed by atoms with Gasteiger partial charge in [0.25, 0.3) is 0 Å². The molecule has 0 aliphatic heterocycles. The van der Waals surface area contributed by atoms with Gasteiger partial charge in [0.05, 0.1) is 48.2 Å². The Labute approximate surface area is 462 Å². The van der Waals surface area contributed by atoms with Crippen LogP contribution in [0.5, 0.6) is 0 Å². The monoisotopic (exact) mass is 1040 g/mol. The molecule has 8 aromatic carbocycles. The summed E-state index contributed by atoms with van der Waals surface area (Å²) < 4.78 is 6.09. The van der Waals surface area contributed by atoms with Crippen LogP contribution in [-0.2, 0) is 33.6 Å². The summed E-state index contributed by atoms with van der Waals surface area (Å²) in [5.41, 5.74) is 23.8. The molecule has 2 heterocycles. The fourth-order valence-electron chi connectivity index (χ4n) is 11.6. The number of carbonyl (C=O) groups is 2. The van der Waals surface area contributed by atoms with E-state index in [9.17, 15) is 9.59 Å². The maximum atomic E-state index is 14.7. The van der Waals surface area contributed by atoms with Gasteiger partial charge in [-0.25, -0.2) is 9.97 Å². The van der Waals surface area contributed by atoms with E-state index in [0.717, 1.165) is 75.1 Å². The fraction of sp³-hybridized carbons (Fsp3) is 0.171.